The number of aliphatic imine (C=N–C) groups is 1. The Kier molecular flexibility index (Phi) is 7.01. The number of nitrogens with one attached hydrogen (secondary N) is 2. The molecule has 1 saturated heterocycles. The predicted octanol–water partition coefficient (Wildman–Crippen LogP) is 4.18. The first-order valence-electron chi connectivity index (χ1n) is 10.9. The molecule has 0 atom stereocenters. The Bertz CT molecular complexity index is 1130. The summed E-state index contributed by atoms with van der Waals surface area (Å²) in [6.45, 7) is 2.49. The number of hydrogen-bond acceptors (Lipinski definition) is 5. The second kappa shape index (κ2) is 9.92. The largest absolute Gasteiger partial charge is 0.370 e. The standard InChI is InChI=1S/C23H27ClN4O3S/c24-17-11-12-20(28-14-6-7-15-28)19(16-17)26-22(29)10-2-1-5-13-25-23-18-8-3-4-9-21(18)32(30,31)27-23/h3-4,8-9,11-12,16H,1-2,5-7,10,13-15H2,(H,25,27)(H,26,29). The van der Waals surface area contributed by atoms with E-state index in [1.54, 1.807) is 24.3 Å². The number of rotatable bonds is 8. The summed E-state index contributed by atoms with van der Waals surface area (Å²) >= 11 is 6.15. The number of unbranched alkanes of at least 4 members (excludes halogenated alkanes) is 2. The van der Waals surface area contributed by atoms with Crippen LogP contribution in [0.1, 0.15) is 44.1 Å². The van der Waals surface area contributed by atoms with E-state index in [4.69, 9.17) is 11.6 Å². The van der Waals surface area contributed by atoms with Crippen molar-refractivity contribution in [1.82, 2.24) is 4.72 Å². The van der Waals surface area contributed by atoms with Crippen LogP contribution in [0.2, 0.25) is 5.02 Å². The SMILES string of the molecule is O=C(CCCCCN=C1NS(=O)(=O)c2ccccc21)Nc1cc(Cl)ccc1N1CCCC1. The monoisotopic (exact) mass is 474 g/mol. The number of amides is 1. The van der Waals surface area contributed by atoms with Gasteiger partial charge in [0.2, 0.25) is 5.91 Å². The number of anilines is 2. The summed E-state index contributed by atoms with van der Waals surface area (Å²) in [6, 6.07) is 12.5. The highest BCUT2D eigenvalue weighted by atomic mass is 35.5. The predicted molar refractivity (Wildman–Crippen MR) is 128 cm³/mol. The first kappa shape index (κ1) is 22.6. The molecule has 0 saturated carbocycles. The third kappa shape index (κ3) is 5.24. The van der Waals surface area contributed by atoms with Gasteiger partial charge in [0.1, 0.15) is 5.84 Å². The highest BCUT2D eigenvalue weighted by Crippen LogP contribution is 2.31. The van der Waals surface area contributed by atoms with E-state index in [0.717, 1.165) is 56.6 Å². The number of carbonyl (C=O) groups is 1. The Morgan fingerprint density at radius 3 is 2.69 bits per heavy atom. The van der Waals surface area contributed by atoms with Crippen molar-refractivity contribution in [3.8, 4) is 0 Å². The van der Waals surface area contributed by atoms with Crippen LogP contribution >= 0.6 is 11.6 Å². The van der Waals surface area contributed by atoms with Crippen molar-refractivity contribution in [1.29, 1.82) is 0 Å². The molecule has 2 N–H and O–H groups in total. The molecule has 0 unspecified atom stereocenters. The maximum atomic E-state index is 12.5. The molecule has 9 heteroatoms. The molecule has 2 aliphatic heterocycles. The lowest BCUT2D eigenvalue weighted by Gasteiger charge is -2.22. The number of benzene rings is 2. The third-order valence-corrected chi connectivity index (χ3v) is 7.31. The van der Waals surface area contributed by atoms with Crippen LogP contribution in [0.5, 0.6) is 0 Å². The van der Waals surface area contributed by atoms with E-state index in [1.807, 2.05) is 18.2 Å². The topological polar surface area (TPSA) is 90.9 Å². The average molecular weight is 475 g/mol. The zero-order chi connectivity index (χ0) is 22.6. The molecule has 0 spiro atoms. The Morgan fingerprint density at radius 2 is 1.88 bits per heavy atom. The number of halogens is 1. The Labute approximate surface area is 193 Å². The van der Waals surface area contributed by atoms with Crippen LogP contribution in [0.15, 0.2) is 52.4 Å². The van der Waals surface area contributed by atoms with E-state index >= 15 is 0 Å². The summed E-state index contributed by atoms with van der Waals surface area (Å²) in [5, 5.41) is 3.62. The maximum Gasteiger partial charge on any atom is 0.263 e. The normalized spacial score (nSPS) is 17.9. The van der Waals surface area contributed by atoms with Gasteiger partial charge in [-0.1, -0.05) is 30.2 Å². The van der Waals surface area contributed by atoms with E-state index in [2.05, 4.69) is 19.9 Å². The summed E-state index contributed by atoms with van der Waals surface area (Å²) in [5.74, 6) is 0.366. The van der Waals surface area contributed by atoms with Gasteiger partial charge in [-0.3, -0.25) is 14.5 Å². The molecule has 1 fully saturated rings. The minimum Gasteiger partial charge on any atom is -0.370 e. The zero-order valence-electron chi connectivity index (χ0n) is 17.8. The average Bonchev–Trinajstić information content (AvgIpc) is 3.38. The van der Waals surface area contributed by atoms with E-state index in [-0.39, 0.29) is 10.8 Å². The molecule has 2 aromatic carbocycles. The Hall–Kier alpha value is -2.58. The van der Waals surface area contributed by atoms with E-state index < -0.39 is 10.0 Å². The smallest absolute Gasteiger partial charge is 0.263 e. The second-order valence-electron chi connectivity index (χ2n) is 8.05. The summed E-state index contributed by atoms with van der Waals surface area (Å²) < 4.78 is 26.7. The lowest BCUT2D eigenvalue weighted by molar-refractivity contribution is -0.116. The highest BCUT2D eigenvalue weighted by Gasteiger charge is 2.29. The maximum absolute atomic E-state index is 12.5. The molecule has 0 aliphatic carbocycles. The summed E-state index contributed by atoms with van der Waals surface area (Å²) in [6.07, 6.45) is 5.07. The van der Waals surface area contributed by atoms with Crippen molar-refractivity contribution in [2.75, 3.05) is 29.9 Å². The van der Waals surface area contributed by atoms with Crippen LogP contribution in [-0.4, -0.2) is 39.8 Å². The number of nitrogens with zero attached hydrogens (tertiary/aromatic N) is 2. The summed E-state index contributed by atoms with van der Waals surface area (Å²) in [5.41, 5.74) is 2.40. The minimum absolute atomic E-state index is 0.0310. The van der Waals surface area contributed by atoms with Gasteiger partial charge in [0.15, 0.2) is 0 Å². The molecule has 0 aromatic heterocycles. The molecule has 2 aliphatic rings. The molecule has 7 nitrogen and oxygen atoms in total. The van der Waals surface area contributed by atoms with Crippen LogP contribution in [0.25, 0.3) is 0 Å². The summed E-state index contributed by atoms with van der Waals surface area (Å²) in [4.78, 5) is 19.4. The van der Waals surface area contributed by atoms with Crippen molar-refractivity contribution in [3.05, 3.63) is 53.1 Å². The minimum atomic E-state index is -3.50. The van der Waals surface area contributed by atoms with Gasteiger partial charge in [0, 0.05) is 36.6 Å². The van der Waals surface area contributed by atoms with Crippen LogP contribution in [0.3, 0.4) is 0 Å². The molecule has 170 valence electrons. The number of amidine groups is 1. The van der Waals surface area contributed by atoms with Gasteiger partial charge >= 0.3 is 0 Å². The van der Waals surface area contributed by atoms with Gasteiger partial charge in [-0.05, 0) is 56.0 Å². The number of carbonyl (C=O) groups excluding carboxylic acids is 1. The third-order valence-electron chi connectivity index (χ3n) is 5.67. The Morgan fingerprint density at radius 1 is 1.09 bits per heavy atom. The van der Waals surface area contributed by atoms with Crippen molar-refractivity contribution >= 4 is 44.7 Å². The highest BCUT2D eigenvalue weighted by molar-refractivity contribution is 7.90. The van der Waals surface area contributed by atoms with Gasteiger partial charge in [-0.2, -0.15) is 0 Å². The van der Waals surface area contributed by atoms with Crippen molar-refractivity contribution in [2.24, 2.45) is 4.99 Å². The Balaban J connectivity index is 1.24. The van der Waals surface area contributed by atoms with Crippen LogP contribution < -0.4 is 14.9 Å². The fourth-order valence-electron chi connectivity index (χ4n) is 4.07. The van der Waals surface area contributed by atoms with E-state index in [0.29, 0.717) is 29.4 Å². The van der Waals surface area contributed by atoms with Gasteiger partial charge < -0.3 is 10.2 Å². The zero-order valence-corrected chi connectivity index (χ0v) is 19.4. The number of fused-ring (bicyclic) bond motifs is 1. The molecule has 32 heavy (non-hydrogen) atoms. The molecule has 0 radical (unpaired) electrons. The molecule has 0 bridgehead atoms. The fourth-order valence-corrected chi connectivity index (χ4v) is 5.49. The van der Waals surface area contributed by atoms with E-state index in [9.17, 15) is 13.2 Å². The van der Waals surface area contributed by atoms with Gasteiger partial charge in [-0.25, -0.2) is 8.42 Å². The lowest BCUT2D eigenvalue weighted by atomic mass is 10.1. The molecule has 2 heterocycles. The number of sulfonamides is 1. The number of hydrogen-bond donors (Lipinski definition) is 2. The van der Waals surface area contributed by atoms with Gasteiger partial charge in [0.05, 0.1) is 16.3 Å². The van der Waals surface area contributed by atoms with Crippen LogP contribution in [0, 0.1) is 0 Å². The molecular formula is C23H27ClN4O3S. The molecule has 4 rings (SSSR count). The van der Waals surface area contributed by atoms with Gasteiger partial charge in [0.25, 0.3) is 10.0 Å². The molecule has 2 aromatic rings. The second-order valence-corrected chi connectivity index (χ2v) is 10.1. The van der Waals surface area contributed by atoms with Crippen molar-refractivity contribution < 1.29 is 13.2 Å². The van der Waals surface area contributed by atoms with Crippen molar-refractivity contribution in [3.63, 3.8) is 0 Å². The molecule has 1 amide bonds. The van der Waals surface area contributed by atoms with Crippen LogP contribution in [-0.2, 0) is 14.8 Å². The molecular weight excluding hydrogens is 448 g/mol. The van der Waals surface area contributed by atoms with Crippen LogP contribution in [0.4, 0.5) is 11.4 Å². The van der Waals surface area contributed by atoms with Crippen molar-refractivity contribution in [2.45, 2.75) is 43.4 Å². The first-order valence-corrected chi connectivity index (χ1v) is 12.8. The van der Waals surface area contributed by atoms with E-state index in [1.165, 1.54) is 0 Å². The quantitative estimate of drug-likeness (QED) is 0.561. The first-order chi connectivity index (χ1) is 15.4. The fraction of sp³-hybridized carbons (Fsp3) is 0.391. The summed E-state index contributed by atoms with van der Waals surface area (Å²) in [7, 11) is -3.50. The van der Waals surface area contributed by atoms with Gasteiger partial charge in [-0.15, -0.1) is 0 Å². The lowest BCUT2D eigenvalue weighted by Crippen LogP contribution is -2.22.